The lowest BCUT2D eigenvalue weighted by Crippen LogP contribution is -2.51. The summed E-state index contributed by atoms with van der Waals surface area (Å²) in [5.74, 6) is -0.0544. The van der Waals surface area contributed by atoms with Crippen LogP contribution < -0.4 is 4.74 Å². The summed E-state index contributed by atoms with van der Waals surface area (Å²) in [6, 6.07) is 7.67. The summed E-state index contributed by atoms with van der Waals surface area (Å²) in [6.45, 7) is 2.64. The molecule has 0 aliphatic carbocycles. The largest absolute Gasteiger partial charge is 0.492 e. The smallest absolute Gasteiger partial charge is 0.309 e. The molecule has 2 rings (SSSR count). The van der Waals surface area contributed by atoms with Gasteiger partial charge < -0.3 is 9.84 Å². The highest BCUT2D eigenvalue weighted by atomic mass is 79.9. The molecule has 0 saturated carbocycles. The van der Waals surface area contributed by atoms with Crippen LogP contribution in [0.4, 0.5) is 0 Å². The van der Waals surface area contributed by atoms with Crippen molar-refractivity contribution in [1.29, 1.82) is 0 Å². The Morgan fingerprint density at radius 2 is 2.06 bits per heavy atom. The first-order valence-electron chi connectivity index (χ1n) is 5.48. The summed E-state index contributed by atoms with van der Waals surface area (Å²) >= 11 is 3.36. The first-order valence-corrected chi connectivity index (χ1v) is 6.28. The lowest BCUT2D eigenvalue weighted by atomic mass is 10.0. The molecule has 1 aromatic carbocycles. The fourth-order valence-electron chi connectivity index (χ4n) is 1.73. The molecule has 1 saturated heterocycles. The molecule has 0 unspecified atom stereocenters. The Kier molecular flexibility index (Phi) is 4.02. The zero-order valence-electron chi connectivity index (χ0n) is 9.30. The average Bonchev–Trinajstić information content (AvgIpc) is 2.23. The van der Waals surface area contributed by atoms with Gasteiger partial charge in [-0.2, -0.15) is 0 Å². The molecule has 0 spiro atoms. The van der Waals surface area contributed by atoms with Crippen molar-refractivity contribution in [2.45, 2.75) is 0 Å². The highest BCUT2D eigenvalue weighted by Gasteiger charge is 2.31. The van der Waals surface area contributed by atoms with Crippen LogP contribution in [0.2, 0.25) is 0 Å². The zero-order valence-corrected chi connectivity index (χ0v) is 10.9. The van der Waals surface area contributed by atoms with Crippen molar-refractivity contribution >= 4 is 21.9 Å². The Morgan fingerprint density at radius 3 is 2.65 bits per heavy atom. The maximum Gasteiger partial charge on any atom is 0.309 e. The van der Waals surface area contributed by atoms with Crippen LogP contribution in [0.5, 0.6) is 5.75 Å². The van der Waals surface area contributed by atoms with E-state index in [0.29, 0.717) is 19.7 Å². The molecule has 5 heteroatoms. The van der Waals surface area contributed by atoms with Gasteiger partial charge in [-0.15, -0.1) is 0 Å². The van der Waals surface area contributed by atoms with Gasteiger partial charge in [0, 0.05) is 24.1 Å². The second-order valence-corrected chi connectivity index (χ2v) is 5.01. The lowest BCUT2D eigenvalue weighted by molar-refractivity contribution is -0.147. The van der Waals surface area contributed by atoms with Gasteiger partial charge in [0.05, 0.1) is 5.92 Å². The Balaban J connectivity index is 1.64. The predicted octanol–water partition coefficient (Wildman–Crippen LogP) is 1.84. The predicted molar refractivity (Wildman–Crippen MR) is 67.2 cm³/mol. The molecule has 92 valence electrons. The van der Waals surface area contributed by atoms with Gasteiger partial charge in [0.1, 0.15) is 12.4 Å². The third-order valence-corrected chi connectivity index (χ3v) is 3.32. The number of ether oxygens (including phenoxy) is 1. The van der Waals surface area contributed by atoms with E-state index in [1.807, 2.05) is 24.3 Å². The molecule has 1 N–H and O–H groups in total. The molecular weight excluding hydrogens is 286 g/mol. The summed E-state index contributed by atoms with van der Waals surface area (Å²) in [4.78, 5) is 12.7. The zero-order chi connectivity index (χ0) is 12.3. The standard InChI is InChI=1S/C12H14BrNO3/c13-10-1-3-11(4-2-10)17-6-5-14-7-9(8-14)12(15)16/h1-4,9H,5-8H2,(H,15,16). The van der Waals surface area contributed by atoms with Crippen LogP contribution in [0, 0.1) is 5.92 Å². The second kappa shape index (κ2) is 5.51. The highest BCUT2D eigenvalue weighted by molar-refractivity contribution is 9.10. The number of carbonyl (C=O) groups is 1. The molecule has 1 aliphatic heterocycles. The number of hydrogen-bond acceptors (Lipinski definition) is 3. The third kappa shape index (κ3) is 3.44. The van der Waals surface area contributed by atoms with Crippen molar-refractivity contribution in [3.63, 3.8) is 0 Å². The summed E-state index contributed by atoms with van der Waals surface area (Å²) in [5, 5.41) is 8.72. The van der Waals surface area contributed by atoms with E-state index in [1.165, 1.54) is 0 Å². The quantitative estimate of drug-likeness (QED) is 0.901. The van der Waals surface area contributed by atoms with Gasteiger partial charge >= 0.3 is 5.97 Å². The topological polar surface area (TPSA) is 49.8 Å². The number of aliphatic carboxylic acids is 1. The van der Waals surface area contributed by atoms with Gasteiger partial charge in [0.15, 0.2) is 0 Å². The van der Waals surface area contributed by atoms with Crippen LogP contribution in [0.1, 0.15) is 0 Å². The normalized spacial score (nSPS) is 16.5. The third-order valence-electron chi connectivity index (χ3n) is 2.80. The molecule has 0 bridgehead atoms. The van der Waals surface area contributed by atoms with Crippen LogP contribution in [-0.2, 0) is 4.79 Å². The van der Waals surface area contributed by atoms with Crippen molar-refractivity contribution in [3.05, 3.63) is 28.7 Å². The summed E-state index contributed by atoms with van der Waals surface area (Å²) in [6.07, 6.45) is 0. The van der Waals surface area contributed by atoms with Gasteiger partial charge in [-0.1, -0.05) is 15.9 Å². The van der Waals surface area contributed by atoms with Crippen LogP contribution in [0.3, 0.4) is 0 Å². The molecule has 0 radical (unpaired) electrons. The van der Waals surface area contributed by atoms with E-state index in [-0.39, 0.29) is 5.92 Å². The van der Waals surface area contributed by atoms with Gasteiger partial charge in [-0.3, -0.25) is 9.69 Å². The first-order chi connectivity index (χ1) is 8.15. The van der Waals surface area contributed by atoms with Gasteiger partial charge in [0.25, 0.3) is 0 Å². The van der Waals surface area contributed by atoms with Crippen molar-refractivity contribution < 1.29 is 14.6 Å². The van der Waals surface area contributed by atoms with E-state index in [2.05, 4.69) is 20.8 Å². The minimum Gasteiger partial charge on any atom is -0.492 e. The summed E-state index contributed by atoms with van der Waals surface area (Å²) in [7, 11) is 0. The molecule has 0 atom stereocenters. The number of hydrogen-bond donors (Lipinski definition) is 1. The number of likely N-dealkylation sites (tertiary alicyclic amines) is 1. The number of nitrogens with zero attached hydrogens (tertiary/aromatic N) is 1. The van der Waals surface area contributed by atoms with Crippen LogP contribution >= 0.6 is 15.9 Å². The van der Waals surface area contributed by atoms with Gasteiger partial charge in [-0.05, 0) is 24.3 Å². The minimum atomic E-state index is -0.699. The van der Waals surface area contributed by atoms with Gasteiger partial charge in [-0.25, -0.2) is 0 Å². The Hall–Kier alpha value is -1.07. The second-order valence-electron chi connectivity index (χ2n) is 4.10. The van der Waals surface area contributed by atoms with Gasteiger partial charge in [0.2, 0.25) is 0 Å². The Labute approximate surface area is 108 Å². The number of carboxylic acids is 1. The minimum absolute atomic E-state index is 0.192. The molecule has 4 nitrogen and oxygen atoms in total. The highest BCUT2D eigenvalue weighted by Crippen LogP contribution is 2.17. The van der Waals surface area contributed by atoms with E-state index >= 15 is 0 Å². The molecule has 0 amide bonds. The monoisotopic (exact) mass is 299 g/mol. The van der Waals surface area contributed by atoms with Crippen LogP contribution in [0.25, 0.3) is 0 Å². The Morgan fingerprint density at radius 1 is 1.41 bits per heavy atom. The summed E-state index contributed by atoms with van der Waals surface area (Å²) in [5.41, 5.74) is 0. The average molecular weight is 300 g/mol. The molecule has 1 aromatic rings. The van der Waals surface area contributed by atoms with Crippen molar-refractivity contribution in [1.82, 2.24) is 4.90 Å². The summed E-state index contributed by atoms with van der Waals surface area (Å²) < 4.78 is 6.58. The van der Waals surface area contributed by atoms with E-state index in [0.717, 1.165) is 16.8 Å². The number of halogens is 1. The fourth-order valence-corrected chi connectivity index (χ4v) is 2.00. The van der Waals surface area contributed by atoms with E-state index in [9.17, 15) is 4.79 Å². The molecule has 1 fully saturated rings. The molecule has 1 heterocycles. The lowest BCUT2D eigenvalue weighted by Gasteiger charge is -2.36. The first kappa shape index (κ1) is 12.4. The Bertz CT molecular complexity index is 387. The maximum absolute atomic E-state index is 10.6. The molecular formula is C12H14BrNO3. The van der Waals surface area contributed by atoms with Crippen molar-refractivity contribution in [2.24, 2.45) is 5.92 Å². The van der Waals surface area contributed by atoms with E-state index in [4.69, 9.17) is 9.84 Å². The van der Waals surface area contributed by atoms with E-state index < -0.39 is 5.97 Å². The maximum atomic E-state index is 10.6. The molecule has 17 heavy (non-hydrogen) atoms. The van der Waals surface area contributed by atoms with Crippen LogP contribution in [0.15, 0.2) is 28.7 Å². The molecule has 1 aliphatic rings. The fraction of sp³-hybridized carbons (Fsp3) is 0.417. The number of rotatable bonds is 5. The molecule has 0 aromatic heterocycles. The number of benzene rings is 1. The van der Waals surface area contributed by atoms with E-state index in [1.54, 1.807) is 0 Å². The SMILES string of the molecule is O=C(O)C1CN(CCOc2ccc(Br)cc2)C1. The van der Waals surface area contributed by atoms with Crippen molar-refractivity contribution in [2.75, 3.05) is 26.2 Å². The number of carboxylic acid groups (broad SMARTS) is 1. The van der Waals surface area contributed by atoms with Crippen molar-refractivity contribution in [3.8, 4) is 5.75 Å². The van der Waals surface area contributed by atoms with Crippen LogP contribution in [-0.4, -0.2) is 42.2 Å².